The molecule has 1 aromatic carbocycles. The van der Waals surface area contributed by atoms with Gasteiger partial charge in [0.15, 0.2) is 0 Å². The Bertz CT molecular complexity index is 496. The molecule has 1 aromatic rings. The lowest BCUT2D eigenvalue weighted by molar-refractivity contribution is -0.385. The van der Waals surface area contributed by atoms with E-state index in [-0.39, 0.29) is 11.3 Å². The minimum absolute atomic E-state index is 0.264. The molecule has 0 bridgehead atoms. The first-order valence-electron chi connectivity index (χ1n) is 6.07. The maximum absolute atomic E-state index is 11.1. The molecule has 0 unspecified atom stereocenters. The number of benzene rings is 1. The van der Waals surface area contributed by atoms with Crippen LogP contribution in [0, 0.1) is 10.1 Å². The van der Waals surface area contributed by atoms with Gasteiger partial charge in [0, 0.05) is 31.4 Å². The molecule has 7 nitrogen and oxygen atoms in total. The largest absolute Gasteiger partial charge is 0.477 e. The molecule has 2 rings (SSSR count). The van der Waals surface area contributed by atoms with Gasteiger partial charge in [-0.15, -0.1) is 0 Å². The summed E-state index contributed by atoms with van der Waals surface area (Å²) in [6.45, 7) is 3.31. The van der Waals surface area contributed by atoms with Crippen LogP contribution in [0.3, 0.4) is 0 Å². The van der Waals surface area contributed by atoms with Crippen LogP contribution in [-0.4, -0.2) is 42.2 Å². The standard InChI is InChI=1S/C12H15N3O4/c16-12(17)10-8-9(2-3-11(10)15(18)19)14-6-1-4-13-5-7-14/h2-3,8,13H,1,4-7H2,(H,16,17). The zero-order valence-corrected chi connectivity index (χ0v) is 10.3. The number of anilines is 1. The minimum Gasteiger partial charge on any atom is -0.477 e. The molecule has 0 saturated carbocycles. The van der Waals surface area contributed by atoms with Crippen molar-refractivity contribution in [1.29, 1.82) is 0 Å². The van der Waals surface area contributed by atoms with Gasteiger partial charge in [0.05, 0.1) is 4.92 Å². The minimum atomic E-state index is -1.28. The van der Waals surface area contributed by atoms with Crippen LogP contribution in [0.15, 0.2) is 18.2 Å². The Kier molecular flexibility index (Phi) is 3.96. The van der Waals surface area contributed by atoms with Crippen molar-refractivity contribution >= 4 is 17.3 Å². The number of nitrogens with zero attached hydrogens (tertiary/aromatic N) is 2. The average molecular weight is 265 g/mol. The van der Waals surface area contributed by atoms with Crippen LogP contribution in [0.4, 0.5) is 11.4 Å². The molecule has 1 fully saturated rings. The van der Waals surface area contributed by atoms with Crippen molar-refractivity contribution in [3.63, 3.8) is 0 Å². The molecule has 0 amide bonds. The Labute approximate surface area is 110 Å². The molecule has 0 aromatic heterocycles. The lowest BCUT2D eigenvalue weighted by atomic mass is 10.1. The van der Waals surface area contributed by atoms with Gasteiger partial charge in [0.2, 0.25) is 0 Å². The van der Waals surface area contributed by atoms with Crippen LogP contribution in [0.1, 0.15) is 16.8 Å². The number of hydrogen-bond donors (Lipinski definition) is 2. The molecule has 0 aliphatic carbocycles. The molecule has 0 radical (unpaired) electrons. The highest BCUT2D eigenvalue weighted by Gasteiger charge is 2.21. The zero-order valence-electron chi connectivity index (χ0n) is 10.3. The number of carbonyl (C=O) groups is 1. The third-order valence-corrected chi connectivity index (χ3v) is 3.11. The fraction of sp³-hybridized carbons (Fsp3) is 0.417. The average Bonchev–Trinajstić information content (AvgIpc) is 2.66. The molecule has 0 atom stereocenters. The molecule has 19 heavy (non-hydrogen) atoms. The topological polar surface area (TPSA) is 95.7 Å². The van der Waals surface area contributed by atoms with E-state index in [4.69, 9.17) is 5.11 Å². The quantitative estimate of drug-likeness (QED) is 0.627. The van der Waals surface area contributed by atoms with Gasteiger partial charge in [-0.3, -0.25) is 10.1 Å². The Morgan fingerprint density at radius 2 is 2.16 bits per heavy atom. The van der Waals surface area contributed by atoms with Gasteiger partial charge in [-0.05, 0) is 25.1 Å². The maximum atomic E-state index is 11.1. The van der Waals surface area contributed by atoms with Gasteiger partial charge in [-0.25, -0.2) is 4.79 Å². The number of carboxylic acid groups (broad SMARTS) is 1. The van der Waals surface area contributed by atoms with E-state index in [1.54, 1.807) is 6.07 Å². The number of rotatable bonds is 3. The monoisotopic (exact) mass is 265 g/mol. The van der Waals surface area contributed by atoms with Gasteiger partial charge < -0.3 is 15.3 Å². The predicted molar refractivity (Wildman–Crippen MR) is 69.8 cm³/mol. The second kappa shape index (κ2) is 5.66. The van der Waals surface area contributed by atoms with E-state index in [1.807, 2.05) is 4.90 Å². The van der Waals surface area contributed by atoms with Crippen LogP contribution in [0.25, 0.3) is 0 Å². The van der Waals surface area contributed by atoms with Gasteiger partial charge in [0.1, 0.15) is 5.56 Å². The van der Waals surface area contributed by atoms with E-state index in [0.717, 1.165) is 32.6 Å². The first kappa shape index (κ1) is 13.3. The summed E-state index contributed by atoms with van der Waals surface area (Å²) >= 11 is 0. The highest BCUT2D eigenvalue weighted by atomic mass is 16.6. The molecule has 1 aliphatic heterocycles. The molecule has 1 saturated heterocycles. The second-order valence-electron chi connectivity index (χ2n) is 4.35. The van der Waals surface area contributed by atoms with Crippen molar-refractivity contribution in [3.8, 4) is 0 Å². The van der Waals surface area contributed by atoms with Crippen LogP contribution in [-0.2, 0) is 0 Å². The SMILES string of the molecule is O=C(O)c1cc(N2CCCNCC2)ccc1[N+](=O)[O-]. The van der Waals surface area contributed by atoms with Gasteiger partial charge in [0.25, 0.3) is 5.69 Å². The van der Waals surface area contributed by atoms with Crippen LogP contribution >= 0.6 is 0 Å². The van der Waals surface area contributed by atoms with Gasteiger partial charge in [-0.1, -0.05) is 0 Å². The molecule has 1 aliphatic rings. The van der Waals surface area contributed by atoms with Crippen LogP contribution < -0.4 is 10.2 Å². The Hall–Kier alpha value is -2.15. The normalized spacial score (nSPS) is 15.9. The van der Waals surface area contributed by atoms with E-state index >= 15 is 0 Å². The summed E-state index contributed by atoms with van der Waals surface area (Å²) in [7, 11) is 0. The van der Waals surface area contributed by atoms with Crippen molar-refractivity contribution in [3.05, 3.63) is 33.9 Å². The summed E-state index contributed by atoms with van der Waals surface area (Å²) in [5.74, 6) is -1.28. The fourth-order valence-corrected chi connectivity index (χ4v) is 2.16. The number of aromatic carboxylic acids is 1. The Morgan fingerprint density at radius 1 is 1.37 bits per heavy atom. The summed E-state index contributed by atoms with van der Waals surface area (Å²) in [6.07, 6.45) is 0.958. The molecule has 1 heterocycles. The predicted octanol–water partition coefficient (Wildman–Crippen LogP) is 1.09. The van der Waals surface area contributed by atoms with Crippen molar-refractivity contribution < 1.29 is 14.8 Å². The molecule has 7 heteroatoms. The van der Waals surface area contributed by atoms with E-state index in [2.05, 4.69) is 5.32 Å². The zero-order chi connectivity index (χ0) is 13.8. The summed E-state index contributed by atoms with van der Waals surface area (Å²) in [5, 5.41) is 23.1. The number of carboxylic acids is 1. The molecular formula is C12H15N3O4. The van der Waals surface area contributed by atoms with Crippen molar-refractivity contribution in [2.75, 3.05) is 31.1 Å². The third kappa shape index (κ3) is 3.00. The smallest absolute Gasteiger partial charge is 0.342 e. The van der Waals surface area contributed by atoms with Crippen molar-refractivity contribution in [1.82, 2.24) is 5.32 Å². The van der Waals surface area contributed by atoms with Crippen molar-refractivity contribution in [2.45, 2.75) is 6.42 Å². The van der Waals surface area contributed by atoms with Gasteiger partial charge >= 0.3 is 5.97 Å². The lowest BCUT2D eigenvalue weighted by Crippen LogP contribution is -2.28. The van der Waals surface area contributed by atoms with E-state index in [0.29, 0.717) is 5.69 Å². The van der Waals surface area contributed by atoms with E-state index in [9.17, 15) is 14.9 Å². The summed E-state index contributed by atoms with van der Waals surface area (Å²) in [6, 6.07) is 4.25. The van der Waals surface area contributed by atoms with E-state index < -0.39 is 10.9 Å². The highest BCUT2D eigenvalue weighted by Crippen LogP contribution is 2.25. The van der Waals surface area contributed by atoms with Gasteiger partial charge in [-0.2, -0.15) is 0 Å². The third-order valence-electron chi connectivity index (χ3n) is 3.11. The first-order chi connectivity index (χ1) is 9.09. The summed E-state index contributed by atoms with van der Waals surface area (Å²) in [5.41, 5.74) is 0.0793. The Morgan fingerprint density at radius 3 is 2.84 bits per heavy atom. The second-order valence-corrected chi connectivity index (χ2v) is 4.35. The van der Waals surface area contributed by atoms with Crippen LogP contribution in [0.2, 0.25) is 0 Å². The molecular weight excluding hydrogens is 250 g/mol. The molecule has 2 N–H and O–H groups in total. The van der Waals surface area contributed by atoms with E-state index in [1.165, 1.54) is 12.1 Å². The molecule has 0 spiro atoms. The summed E-state index contributed by atoms with van der Waals surface area (Å²) < 4.78 is 0. The number of nitro groups is 1. The summed E-state index contributed by atoms with van der Waals surface area (Å²) in [4.78, 5) is 23.2. The highest BCUT2D eigenvalue weighted by molar-refractivity contribution is 5.93. The fourth-order valence-electron chi connectivity index (χ4n) is 2.16. The number of nitrogens with one attached hydrogen (secondary N) is 1. The van der Waals surface area contributed by atoms with Crippen molar-refractivity contribution in [2.24, 2.45) is 0 Å². The Balaban J connectivity index is 2.34. The molecule has 102 valence electrons. The number of nitro benzene ring substituents is 1. The number of hydrogen-bond acceptors (Lipinski definition) is 5. The maximum Gasteiger partial charge on any atom is 0.342 e. The lowest BCUT2D eigenvalue weighted by Gasteiger charge is -2.22. The first-order valence-corrected chi connectivity index (χ1v) is 6.07. The van der Waals surface area contributed by atoms with Crippen LogP contribution in [0.5, 0.6) is 0 Å².